The molecule has 0 atom stereocenters. The van der Waals surface area contributed by atoms with Crippen LogP contribution in [0.5, 0.6) is 5.75 Å². The molecule has 2 heterocycles. The predicted octanol–water partition coefficient (Wildman–Crippen LogP) is 3.82. The summed E-state index contributed by atoms with van der Waals surface area (Å²) in [6.45, 7) is 1.73. The van der Waals surface area contributed by atoms with Gasteiger partial charge in [0, 0.05) is 17.2 Å². The van der Waals surface area contributed by atoms with Crippen LogP contribution in [0.1, 0.15) is 17.5 Å². The minimum absolute atomic E-state index is 0.850. The molecule has 0 saturated heterocycles. The van der Waals surface area contributed by atoms with Crippen molar-refractivity contribution in [2.45, 2.75) is 19.3 Å². The van der Waals surface area contributed by atoms with Gasteiger partial charge in [0.1, 0.15) is 11.6 Å². The highest BCUT2D eigenvalue weighted by Gasteiger charge is 2.10. The first-order valence-corrected chi connectivity index (χ1v) is 7.70. The summed E-state index contributed by atoms with van der Waals surface area (Å²) >= 11 is 3.38. The van der Waals surface area contributed by atoms with Crippen LogP contribution in [-0.2, 0) is 12.8 Å². The summed E-state index contributed by atoms with van der Waals surface area (Å²) in [7, 11) is 0. The maximum absolute atomic E-state index is 5.63. The van der Waals surface area contributed by atoms with Crippen LogP contribution in [0.15, 0.2) is 41.0 Å². The molecular weight excluding hydrogens is 316 g/mol. The van der Waals surface area contributed by atoms with E-state index in [9.17, 15) is 0 Å². The lowest BCUT2D eigenvalue weighted by Gasteiger charge is -2.18. The Morgan fingerprint density at radius 1 is 1.25 bits per heavy atom. The lowest BCUT2D eigenvalue weighted by Crippen LogP contribution is -2.10. The van der Waals surface area contributed by atoms with Gasteiger partial charge in [-0.05, 0) is 64.5 Å². The van der Waals surface area contributed by atoms with E-state index in [0.717, 1.165) is 48.5 Å². The lowest BCUT2D eigenvalue weighted by atomic mass is 10.0. The summed E-state index contributed by atoms with van der Waals surface area (Å²) in [5.41, 5.74) is 2.69. The van der Waals surface area contributed by atoms with Crippen molar-refractivity contribution >= 4 is 21.7 Å². The molecule has 1 aromatic carbocycles. The molecule has 3 rings (SSSR count). The summed E-state index contributed by atoms with van der Waals surface area (Å²) in [5.74, 6) is 1.97. The number of ether oxygens (including phenoxy) is 1. The summed E-state index contributed by atoms with van der Waals surface area (Å²) < 4.78 is 6.63. The van der Waals surface area contributed by atoms with Crippen LogP contribution in [-0.4, -0.2) is 18.1 Å². The van der Waals surface area contributed by atoms with Crippen molar-refractivity contribution in [2.75, 3.05) is 18.5 Å². The molecule has 3 nitrogen and oxygen atoms in total. The Labute approximate surface area is 127 Å². The second-order valence-corrected chi connectivity index (χ2v) is 5.85. The molecule has 1 aliphatic heterocycles. The van der Waals surface area contributed by atoms with E-state index in [0.29, 0.717) is 0 Å². The van der Waals surface area contributed by atoms with E-state index in [-0.39, 0.29) is 0 Å². The molecule has 0 saturated carbocycles. The number of rotatable bonds is 4. The second kappa shape index (κ2) is 6.27. The number of hydrogen-bond acceptors (Lipinski definition) is 3. The molecule has 4 heteroatoms. The Morgan fingerprint density at radius 2 is 2.20 bits per heavy atom. The van der Waals surface area contributed by atoms with E-state index in [1.165, 1.54) is 11.1 Å². The van der Waals surface area contributed by atoms with Gasteiger partial charge in [0.25, 0.3) is 0 Å². The third kappa shape index (κ3) is 3.31. The molecule has 1 aromatic heterocycles. The molecule has 2 aromatic rings. The smallest absolute Gasteiger partial charge is 0.125 e. The summed E-state index contributed by atoms with van der Waals surface area (Å²) in [6, 6.07) is 10.5. The first-order chi connectivity index (χ1) is 9.81. The van der Waals surface area contributed by atoms with E-state index in [1.54, 1.807) is 6.20 Å². The lowest BCUT2D eigenvalue weighted by molar-refractivity contribution is 0.288. The van der Waals surface area contributed by atoms with Crippen LogP contribution < -0.4 is 10.1 Å². The molecular formula is C16H17BrN2O. The van der Waals surface area contributed by atoms with Crippen LogP contribution >= 0.6 is 15.9 Å². The topological polar surface area (TPSA) is 34.1 Å². The Balaban J connectivity index is 1.57. The highest BCUT2D eigenvalue weighted by molar-refractivity contribution is 9.10. The number of nitrogens with zero attached hydrogens (tertiary/aromatic N) is 1. The number of hydrogen-bond donors (Lipinski definition) is 1. The van der Waals surface area contributed by atoms with Gasteiger partial charge in [-0.3, -0.25) is 0 Å². The minimum Gasteiger partial charge on any atom is -0.493 e. The van der Waals surface area contributed by atoms with Crippen molar-refractivity contribution < 1.29 is 4.74 Å². The molecule has 0 unspecified atom stereocenters. The highest BCUT2D eigenvalue weighted by Crippen LogP contribution is 2.25. The largest absolute Gasteiger partial charge is 0.493 e. The van der Waals surface area contributed by atoms with Crippen molar-refractivity contribution in [3.63, 3.8) is 0 Å². The third-order valence-electron chi connectivity index (χ3n) is 3.42. The SMILES string of the molecule is Brc1ccc(NCCc2ccc3c(c2)CCCO3)nc1. The number of halogens is 1. The van der Waals surface area contributed by atoms with E-state index < -0.39 is 0 Å². The minimum atomic E-state index is 0.850. The quantitative estimate of drug-likeness (QED) is 0.924. The zero-order valence-electron chi connectivity index (χ0n) is 11.2. The molecule has 0 aliphatic carbocycles. The molecule has 0 radical (unpaired) electrons. The van der Waals surface area contributed by atoms with E-state index in [1.807, 2.05) is 12.1 Å². The average molecular weight is 333 g/mol. The van der Waals surface area contributed by atoms with Crippen LogP contribution in [0.4, 0.5) is 5.82 Å². The molecule has 0 bridgehead atoms. The number of fused-ring (bicyclic) bond motifs is 1. The monoisotopic (exact) mass is 332 g/mol. The second-order valence-electron chi connectivity index (χ2n) is 4.93. The van der Waals surface area contributed by atoms with Gasteiger partial charge >= 0.3 is 0 Å². The van der Waals surface area contributed by atoms with E-state index in [2.05, 4.69) is 44.4 Å². The van der Waals surface area contributed by atoms with Gasteiger partial charge in [0.05, 0.1) is 6.61 Å². The zero-order valence-corrected chi connectivity index (χ0v) is 12.8. The molecule has 1 aliphatic rings. The maximum Gasteiger partial charge on any atom is 0.125 e. The first-order valence-electron chi connectivity index (χ1n) is 6.91. The highest BCUT2D eigenvalue weighted by atomic mass is 79.9. The maximum atomic E-state index is 5.63. The molecule has 0 spiro atoms. The van der Waals surface area contributed by atoms with Gasteiger partial charge in [0.2, 0.25) is 0 Å². The van der Waals surface area contributed by atoms with Crippen molar-refractivity contribution in [1.29, 1.82) is 0 Å². The van der Waals surface area contributed by atoms with Crippen LogP contribution in [0.25, 0.3) is 0 Å². The number of aryl methyl sites for hydroxylation is 1. The fraction of sp³-hybridized carbons (Fsp3) is 0.312. The predicted molar refractivity (Wildman–Crippen MR) is 84.4 cm³/mol. The third-order valence-corrected chi connectivity index (χ3v) is 3.89. The summed E-state index contributed by atoms with van der Waals surface area (Å²) in [6.07, 6.45) is 5.05. The van der Waals surface area contributed by atoms with Gasteiger partial charge in [-0.2, -0.15) is 0 Å². The van der Waals surface area contributed by atoms with Crippen molar-refractivity contribution in [1.82, 2.24) is 4.98 Å². The number of anilines is 1. The Bertz CT molecular complexity index is 584. The van der Waals surface area contributed by atoms with E-state index in [4.69, 9.17) is 4.74 Å². The Kier molecular flexibility index (Phi) is 4.21. The molecule has 0 fully saturated rings. The summed E-state index contributed by atoms with van der Waals surface area (Å²) in [5, 5.41) is 3.34. The van der Waals surface area contributed by atoms with Gasteiger partial charge in [-0.15, -0.1) is 0 Å². The fourth-order valence-corrected chi connectivity index (χ4v) is 2.62. The molecule has 104 valence electrons. The van der Waals surface area contributed by atoms with Gasteiger partial charge < -0.3 is 10.1 Å². The Hall–Kier alpha value is -1.55. The fourth-order valence-electron chi connectivity index (χ4n) is 2.38. The molecule has 20 heavy (non-hydrogen) atoms. The number of aromatic nitrogens is 1. The molecule has 0 amide bonds. The van der Waals surface area contributed by atoms with E-state index >= 15 is 0 Å². The summed E-state index contributed by atoms with van der Waals surface area (Å²) in [4.78, 5) is 4.30. The van der Waals surface area contributed by atoms with Crippen LogP contribution in [0.2, 0.25) is 0 Å². The number of benzene rings is 1. The van der Waals surface area contributed by atoms with Gasteiger partial charge in [-0.25, -0.2) is 4.98 Å². The van der Waals surface area contributed by atoms with Gasteiger partial charge in [0.15, 0.2) is 0 Å². The number of pyridine rings is 1. The normalized spacial score (nSPS) is 13.4. The van der Waals surface area contributed by atoms with Crippen molar-refractivity contribution in [2.24, 2.45) is 0 Å². The standard InChI is InChI=1S/C16H17BrN2O/c17-14-4-6-16(19-11-14)18-8-7-12-3-5-15-13(10-12)2-1-9-20-15/h3-6,10-11H,1-2,7-9H2,(H,18,19). The van der Waals surface area contributed by atoms with Crippen LogP contribution in [0, 0.1) is 0 Å². The van der Waals surface area contributed by atoms with Crippen molar-refractivity contribution in [3.8, 4) is 5.75 Å². The Morgan fingerprint density at radius 3 is 3.05 bits per heavy atom. The van der Waals surface area contributed by atoms with Crippen molar-refractivity contribution in [3.05, 3.63) is 52.1 Å². The average Bonchev–Trinajstić information content (AvgIpc) is 2.49. The molecule has 1 N–H and O–H groups in total. The first kappa shape index (κ1) is 13.4. The number of nitrogens with one attached hydrogen (secondary N) is 1. The van der Waals surface area contributed by atoms with Gasteiger partial charge in [-0.1, -0.05) is 12.1 Å². The van der Waals surface area contributed by atoms with Crippen LogP contribution in [0.3, 0.4) is 0 Å². The zero-order chi connectivity index (χ0) is 13.8.